The number of hydrogen-bond acceptors (Lipinski definition) is 10. The minimum Gasteiger partial charge on any atom is -0.462 e. The van der Waals surface area contributed by atoms with E-state index in [1.807, 2.05) is 104 Å². The van der Waals surface area contributed by atoms with Crippen molar-refractivity contribution in [2.24, 2.45) is 78.8 Å². The quantitative estimate of drug-likeness (QED) is 0.0739. The van der Waals surface area contributed by atoms with Gasteiger partial charge in [0.2, 0.25) is 0 Å². The van der Waals surface area contributed by atoms with Gasteiger partial charge in [-0.15, -0.1) is 0 Å². The number of hydrogen-bond donors (Lipinski definition) is 0. The zero-order valence-electron chi connectivity index (χ0n) is 84.1. The van der Waals surface area contributed by atoms with Gasteiger partial charge < -0.3 is 23.7 Å². The van der Waals surface area contributed by atoms with Crippen molar-refractivity contribution < 1.29 is 47.7 Å². The Labute approximate surface area is 724 Å². The normalized spacial score (nSPS) is 22.6. The topological polar surface area (TPSA) is 132 Å². The van der Waals surface area contributed by atoms with Crippen LogP contribution < -0.4 is 0 Å². The first kappa shape index (κ1) is 109. The maximum absolute atomic E-state index is 12.5. The van der Waals surface area contributed by atoms with Gasteiger partial charge >= 0.3 is 29.8 Å². The highest BCUT2D eigenvalue weighted by molar-refractivity contribution is 5.78. The highest BCUT2D eigenvalue weighted by atomic mass is 16.6. The molecule has 4 bridgehead atoms. The van der Waals surface area contributed by atoms with Crippen LogP contribution in [0.5, 0.6) is 0 Å². The summed E-state index contributed by atoms with van der Waals surface area (Å²) in [4.78, 5) is 60.6. The fourth-order valence-electron chi connectivity index (χ4n) is 16.4. The predicted octanol–water partition coefficient (Wildman–Crippen LogP) is 31.5. The average molecular weight is 1640 g/mol. The molecule has 678 valence electrons. The lowest BCUT2D eigenvalue weighted by molar-refractivity contribution is -0.211. The molecule has 0 N–H and O–H groups in total. The van der Waals surface area contributed by atoms with Gasteiger partial charge in [-0.1, -0.05) is 241 Å². The van der Waals surface area contributed by atoms with Crippen molar-refractivity contribution in [1.82, 2.24) is 0 Å². The Morgan fingerprint density at radius 1 is 0.410 bits per heavy atom. The Bertz CT molecular complexity index is 3200. The molecular weight excluding hydrogens is 1450 g/mol. The Kier molecular flexibility index (Phi) is 42.8. The van der Waals surface area contributed by atoms with Gasteiger partial charge in [-0.25, -0.2) is 0 Å². The molecule has 7 aliphatic rings. The minimum atomic E-state index is -0.362. The Balaban J connectivity index is 0.000000465. The van der Waals surface area contributed by atoms with Crippen molar-refractivity contribution >= 4 is 29.8 Å². The van der Waals surface area contributed by atoms with Gasteiger partial charge in [0.05, 0.1) is 27.1 Å². The molecule has 10 heteroatoms. The summed E-state index contributed by atoms with van der Waals surface area (Å²) in [6, 6.07) is 16.2. The fraction of sp³-hybridized carbons (Fsp3) is 0.841. The molecule has 2 aromatic carbocycles. The van der Waals surface area contributed by atoms with E-state index in [1.54, 1.807) is 0 Å². The van der Waals surface area contributed by atoms with Crippen LogP contribution in [0.2, 0.25) is 0 Å². The lowest BCUT2D eigenvalue weighted by atomic mass is 9.50. The molecule has 0 aromatic heterocycles. The molecule has 9 rings (SSSR count). The first-order chi connectivity index (χ1) is 53.5. The summed E-state index contributed by atoms with van der Waals surface area (Å²) in [7, 11) is 0. The summed E-state index contributed by atoms with van der Waals surface area (Å²) in [6.07, 6.45) is 30.8. The smallest absolute Gasteiger partial charge is 0.312 e. The van der Waals surface area contributed by atoms with Crippen LogP contribution in [0.3, 0.4) is 0 Å². The predicted molar refractivity (Wildman–Crippen MR) is 498 cm³/mol. The standard InChI is InChI=1S/C19H36O2.C17H28O2.C16H26.C15H28O2.C14H26O2.C14H22.C12H24O2/c1-9-18(5,6)16(20)21-15-12-10-14(11-13-15)19(7,8)17(2,3)4;1-5-16(2,3)15(18)19-17(4)13-7-11-6-12(9-13)10-14(17)8-11;1-7-13(6)16-9-14(11(2)3)8-15(10-16)12(4)5;1-6-14(2,3)13(16)17-15(4,5)12-10-8-7-9-11-12;1-5-13(3,4)12(15)16-14(6-2)10-8-7-9-11-14;1-6-11(2)12-7-9-13(10-8-12)14(3,4)5;1-8-12(6,7)10(13)14-9(2)11(3,4)5/h14-15H,9-13H2,1-8H3;11-14H,5-10H2,1-4H3;8-13H,7H2,1-6H3;12H,6-11H2,1-5H3;5-11H2,1-4H3;7-11H,6H2,1-5H3;9H,8H2,1-7H3. The molecule has 0 aliphatic heterocycles. The third-order valence-corrected chi connectivity index (χ3v) is 30.8. The molecule has 3 atom stereocenters. The highest BCUT2D eigenvalue weighted by Crippen LogP contribution is 2.60. The zero-order chi connectivity index (χ0) is 90.3. The number of esters is 5. The van der Waals surface area contributed by atoms with Crippen LogP contribution in [0.1, 0.15) is 495 Å². The number of benzene rings is 2. The number of carbonyl (C=O) groups is 5. The van der Waals surface area contributed by atoms with E-state index in [2.05, 4.69) is 209 Å². The number of ether oxygens (including phenoxy) is 5. The van der Waals surface area contributed by atoms with Gasteiger partial charge in [-0.3, -0.25) is 24.0 Å². The van der Waals surface area contributed by atoms with E-state index < -0.39 is 0 Å². The van der Waals surface area contributed by atoms with Gasteiger partial charge in [-0.05, 0) is 353 Å². The second-order valence-corrected chi connectivity index (χ2v) is 45.9. The minimum absolute atomic E-state index is 0.0134. The maximum Gasteiger partial charge on any atom is 0.312 e. The van der Waals surface area contributed by atoms with Crippen LogP contribution in [0.15, 0.2) is 42.5 Å². The molecule has 7 saturated carbocycles. The first-order valence-corrected chi connectivity index (χ1v) is 47.9. The van der Waals surface area contributed by atoms with Crippen LogP contribution in [0, 0.1) is 78.8 Å². The van der Waals surface area contributed by atoms with Crippen molar-refractivity contribution in [3.63, 3.8) is 0 Å². The van der Waals surface area contributed by atoms with E-state index >= 15 is 0 Å². The maximum atomic E-state index is 12.5. The third kappa shape index (κ3) is 33.1. The van der Waals surface area contributed by atoms with Crippen LogP contribution in [0.25, 0.3) is 0 Å². The van der Waals surface area contributed by atoms with Gasteiger partial charge in [0.1, 0.15) is 29.0 Å². The highest BCUT2D eigenvalue weighted by Gasteiger charge is 2.58. The lowest BCUT2D eigenvalue weighted by Gasteiger charge is -2.59. The van der Waals surface area contributed by atoms with Gasteiger partial charge in [0, 0.05) is 0 Å². The van der Waals surface area contributed by atoms with Crippen molar-refractivity contribution in [3.05, 3.63) is 70.3 Å². The van der Waals surface area contributed by atoms with E-state index in [0.29, 0.717) is 52.3 Å². The summed E-state index contributed by atoms with van der Waals surface area (Å²) < 4.78 is 29.0. The number of carbonyl (C=O) groups excluding carboxylic acids is 5. The van der Waals surface area contributed by atoms with Crippen molar-refractivity contribution in [1.29, 1.82) is 0 Å². The largest absolute Gasteiger partial charge is 0.462 e. The van der Waals surface area contributed by atoms with E-state index in [4.69, 9.17) is 23.7 Å². The lowest BCUT2D eigenvalue weighted by Crippen LogP contribution is -2.58. The molecule has 7 fully saturated rings. The van der Waals surface area contributed by atoms with Crippen LogP contribution in [-0.2, 0) is 53.1 Å². The number of rotatable bonds is 24. The summed E-state index contributed by atoms with van der Waals surface area (Å²) in [5.41, 5.74) is 5.93. The van der Waals surface area contributed by atoms with Crippen LogP contribution in [0.4, 0.5) is 0 Å². The molecule has 10 nitrogen and oxygen atoms in total. The van der Waals surface area contributed by atoms with E-state index in [1.165, 1.54) is 137 Å². The van der Waals surface area contributed by atoms with Crippen molar-refractivity contribution in [2.75, 3.05) is 0 Å². The second kappa shape index (κ2) is 46.0. The summed E-state index contributed by atoms with van der Waals surface area (Å²) >= 11 is 0. The van der Waals surface area contributed by atoms with Gasteiger partial charge in [0.25, 0.3) is 0 Å². The molecule has 3 unspecified atom stereocenters. The molecule has 0 amide bonds. The van der Waals surface area contributed by atoms with E-state index in [-0.39, 0.29) is 96.8 Å². The fourth-order valence-corrected chi connectivity index (χ4v) is 16.4. The van der Waals surface area contributed by atoms with E-state index in [9.17, 15) is 24.0 Å². The monoisotopic (exact) mass is 1640 g/mol. The molecule has 0 radical (unpaired) electrons. The third-order valence-electron chi connectivity index (χ3n) is 30.8. The van der Waals surface area contributed by atoms with E-state index in [0.717, 1.165) is 82.0 Å². The molecule has 2 aromatic rings. The SMILES string of the molecule is CCC(C)(C)C(=O)OC(C)(C)C1CCCCC1.CCC(C)(C)C(=O)OC(C)C(C)(C)C.CCC(C)(C)C(=O)OC1(C)C2CC3CC(C2)CC1C3.CCC(C)(C)C(=O)OC1CCC(C(C)(C)C(C)(C)C)CC1.CCC(C)c1cc(C(C)C)cc(C(C)C)c1.CCC(C)c1ccc(C(C)(C)C)cc1.CCC1(OC(=O)C(C)(C)CC)CCCCC1. The molecule has 7 aliphatic carbocycles. The molecule has 0 spiro atoms. The van der Waals surface area contributed by atoms with Crippen molar-refractivity contribution in [3.8, 4) is 0 Å². The van der Waals surface area contributed by atoms with Crippen LogP contribution >= 0.6 is 0 Å². The molecule has 0 heterocycles. The first-order valence-electron chi connectivity index (χ1n) is 47.9. The van der Waals surface area contributed by atoms with Gasteiger partial charge in [-0.2, -0.15) is 0 Å². The summed E-state index contributed by atoms with van der Waals surface area (Å²) in [6.45, 7) is 83.3. The molecular formula is C107H190O10. The summed E-state index contributed by atoms with van der Waals surface area (Å²) in [5.74, 6) is 6.82. The Morgan fingerprint density at radius 3 is 1.16 bits per heavy atom. The average Bonchev–Trinajstić information content (AvgIpc) is 0.730. The summed E-state index contributed by atoms with van der Waals surface area (Å²) in [5, 5.41) is 0. The van der Waals surface area contributed by atoms with Crippen LogP contribution in [-0.4, -0.2) is 58.9 Å². The zero-order valence-corrected chi connectivity index (χ0v) is 84.1. The van der Waals surface area contributed by atoms with Crippen molar-refractivity contribution in [2.45, 2.75) is 501 Å². The van der Waals surface area contributed by atoms with Gasteiger partial charge in [0.15, 0.2) is 0 Å². The molecule has 0 saturated heterocycles. The molecule has 117 heavy (non-hydrogen) atoms. The Hall–Kier alpha value is -4.21. The second-order valence-electron chi connectivity index (χ2n) is 45.9. The Morgan fingerprint density at radius 2 is 0.786 bits per heavy atom.